The molecule has 0 fully saturated rings. The summed E-state index contributed by atoms with van der Waals surface area (Å²) in [5.41, 5.74) is 7.40. The lowest BCUT2D eigenvalue weighted by Gasteiger charge is -2.22. The van der Waals surface area contributed by atoms with E-state index in [0.717, 1.165) is 6.42 Å². The molecule has 1 aromatic carbocycles. The summed E-state index contributed by atoms with van der Waals surface area (Å²) in [5.74, 6) is 0.272. The molecule has 0 aliphatic heterocycles. The van der Waals surface area contributed by atoms with Crippen LogP contribution in [0.25, 0.3) is 11.1 Å². The maximum atomic E-state index is 13.0. The number of aromatic nitrogens is 1. The Labute approximate surface area is 106 Å². The van der Waals surface area contributed by atoms with Crippen molar-refractivity contribution in [2.24, 2.45) is 11.1 Å². The molecule has 2 aromatic rings. The van der Waals surface area contributed by atoms with E-state index in [-0.39, 0.29) is 17.3 Å². The summed E-state index contributed by atoms with van der Waals surface area (Å²) in [6.45, 7) is 6.44. The molecule has 0 saturated heterocycles. The fraction of sp³-hybridized carbons (Fsp3) is 0.500. The first-order valence-corrected chi connectivity index (χ1v) is 6.14. The average Bonchev–Trinajstić information content (AvgIpc) is 2.55. The van der Waals surface area contributed by atoms with E-state index in [1.54, 1.807) is 6.07 Å². The van der Waals surface area contributed by atoms with E-state index in [2.05, 4.69) is 25.8 Å². The highest BCUT2D eigenvalue weighted by molar-refractivity contribution is 5.72. The minimum atomic E-state index is -0.304. The topological polar surface area (TPSA) is 52.0 Å². The van der Waals surface area contributed by atoms with Crippen LogP contribution in [0.4, 0.5) is 4.39 Å². The molecule has 98 valence electrons. The van der Waals surface area contributed by atoms with Gasteiger partial charge in [-0.3, -0.25) is 0 Å². The first-order valence-electron chi connectivity index (χ1n) is 6.14. The molecule has 2 rings (SSSR count). The molecule has 1 heterocycles. The van der Waals surface area contributed by atoms with Crippen molar-refractivity contribution in [1.82, 2.24) is 4.98 Å². The van der Waals surface area contributed by atoms with Crippen LogP contribution in [0.15, 0.2) is 22.6 Å². The van der Waals surface area contributed by atoms with Crippen LogP contribution < -0.4 is 5.73 Å². The average molecular weight is 250 g/mol. The number of oxazole rings is 1. The molecule has 0 radical (unpaired) electrons. The summed E-state index contributed by atoms with van der Waals surface area (Å²) in [4.78, 5) is 4.26. The van der Waals surface area contributed by atoms with Crippen LogP contribution >= 0.6 is 0 Å². The largest absolute Gasteiger partial charge is 0.441 e. The quantitative estimate of drug-likeness (QED) is 0.909. The van der Waals surface area contributed by atoms with Gasteiger partial charge in [-0.05, 0) is 24.0 Å². The first-order chi connectivity index (χ1) is 8.33. The minimum Gasteiger partial charge on any atom is -0.441 e. The molecule has 0 bridgehead atoms. The Morgan fingerprint density at radius 1 is 1.39 bits per heavy atom. The summed E-state index contributed by atoms with van der Waals surface area (Å²) < 4.78 is 18.6. The van der Waals surface area contributed by atoms with Crippen molar-refractivity contribution in [3.63, 3.8) is 0 Å². The Kier molecular flexibility index (Phi) is 3.39. The second kappa shape index (κ2) is 4.69. The van der Waals surface area contributed by atoms with Crippen molar-refractivity contribution in [1.29, 1.82) is 0 Å². The summed E-state index contributed by atoms with van der Waals surface area (Å²) in [7, 11) is 0. The Morgan fingerprint density at radius 3 is 2.78 bits per heavy atom. The molecule has 0 spiro atoms. The van der Waals surface area contributed by atoms with Gasteiger partial charge in [0.2, 0.25) is 0 Å². The van der Waals surface area contributed by atoms with Crippen molar-refractivity contribution in [3.8, 4) is 0 Å². The van der Waals surface area contributed by atoms with Crippen molar-refractivity contribution >= 4 is 11.1 Å². The predicted molar refractivity (Wildman–Crippen MR) is 69.7 cm³/mol. The third-order valence-electron chi connectivity index (χ3n) is 2.71. The molecule has 0 saturated carbocycles. The lowest BCUT2D eigenvalue weighted by Crippen LogP contribution is -2.28. The normalized spacial score (nSPS) is 14.1. The minimum absolute atomic E-state index is 0.00269. The molecule has 1 unspecified atom stereocenters. The van der Waals surface area contributed by atoms with Gasteiger partial charge in [0.25, 0.3) is 0 Å². The van der Waals surface area contributed by atoms with Gasteiger partial charge in [0.15, 0.2) is 11.5 Å². The van der Waals surface area contributed by atoms with Gasteiger partial charge >= 0.3 is 0 Å². The maximum absolute atomic E-state index is 13.0. The van der Waals surface area contributed by atoms with Gasteiger partial charge in [0.1, 0.15) is 11.3 Å². The Bertz CT molecular complexity index is 542. The molecule has 18 heavy (non-hydrogen) atoms. The second-order valence-corrected chi connectivity index (χ2v) is 5.95. The highest BCUT2D eigenvalue weighted by Crippen LogP contribution is 2.23. The van der Waals surface area contributed by atoms with Crippen LogP contribution in [0.2, 0.25) is 0 Å². The van der Waals surface area contributed by atoms with Crippen LogP contribution in [-0.4, -0.2) is 11.0 Å². The van der Waals surface area contributed by atoms with E-state index in [1.165, 1.54) is 12.1 Å². The van der Waals surface area contributed by atoms with Gasteiger partial charge in [-0.15, -0.1) is 0 Å². The maximum Gasteiger partial charge on any atom is 0.197 e. The number of rotatable bonds is 3. The van der Waals surface area contributed by atoms with Gasteiger partial charge < -0.3 is 10.2 Å². The Morgan fingerprint density at radius 2 is 2.11 bits per heavy atom. The van der Waals surface area contributed by atoms with Gasteiger partial charge in [-0.2, -0.15) is 0 Å². The molecular formula is C14H19FN2O. The van der Waals surface area contributed by atoms with Gasteiger partial charge in [0, 0.05) is 18.5 Å². The molecule has 0 aliphatic rings. The van der Waals surface area contributed by atoms with E-state index < -0.39 is 0 Å². The Balaban J connectivity index is 2.12. The molecular weight excluding hydrogens is 231 g/mol. The first kappa shape index (κ1) is 13.0. The number of hydrogen-bond acceptors (Lipinski definition) is 3. The molecule has 0 aliphatic carbocycles. The fourth-order valence-corrected chi connectivity index (χ4v) is 2.12. The highest BCUT2D eigenvalue weighted by Gasteiger charge is 2.18. The van der Waals surface area contributed by atoms with E-state index in [0.29, 0.717) is 23.4 Å². The van der Waals surface area contributed by atoms with Crippen molar-refractivity contribution in [2.45, 2.75) is 39.7 Å². The van der Waals surface area contributed by atoms with E-state index >= 15 is 0 Å². The zero-order valence-corrected chi connectivity index (χ0v) is 11.0. The molecule has 1 aromatic heterocycles. The van der Waals surface area contributed by atoms with E-state index in [9.17, 15) is 4.39 Å². The molecule has 2 N–H and O–H groups in total. The van der Waals surface area contributed by atoms with E-state index in [1.807, 2.05) is 0 Å². The zero-order chi connectivity index (χ0) is 13.3. The number of fused-ring (bicyclic) bond motifs is 1. The number of benzene rings is 1. The van der Waals surface area contributed by atoms with Gasteiger partial charge in [-0.25, -0.2) is 9.37 Å². The van der Waals surface area contributed by atoms with Crippen LogP contribution in [0.5, 0.6) is 0 Å². The number of hydrogen-bond donors (Lipinski definition) is 1. The molecule has 4 heteroatoms. The van der Waals surface area contributed by atoms with Crippen molar-refractivity contribution in [3.05, 3.63) is 29.9 Å². The molecule has 0 amide bonds. The van der Waals surface area contributed by atoms with E-state index in [4.69, 9.17) is 10.2 Å². The third kappa shape index (κ3) is 3.29. The van der Waals surface area contributed by atoms with Crippen LogP contribution in [-0.2, 0) is 6.42 Å². The predicted octanol–water partition coefficient (Wildman–Crippen LogP) is 3.27. The lowest BCUT2D eigenvalue weighted by molar-refractivity contribution is 0.329. The standard InChI is InChI=1S/C14H19FN2O/c1-14(2,3)8-10(16)7-13-17-11-6-9(15)4-5-12(11)18-13/h4-6,10H,7-8,16H2,1-3H3. The number of halogens is 1. The Hall–Kier alpha value is -1.42. The van der Waals surface area contributed by atoms with Crippen molar-refractivity contribution in [2.75, 3.05) is 0 Å². The summed E-state index contributed by atoms with van der Waals surface area (Å²) in [6.07, 6.45) is 1.47. The van der Waals surface area contributed by atoms with Gasteiger partial charge in [-0.1, -0.05) is 20.8 Å². The zero-order valence-electron chi connectivity index (χ0n) is 11.0. The number of nitrogens with two attached hydrogens (primary N) is 1. The summed E-state index contributed by atoms with van der Waals surface area (Å²) in [6, 6.07) is 4.34. The SMILES string of the molecule is CC(C)(C)CC(N)Cc1nc2cc(F)ccc2o1. The smallest absolute Gasteiger partial charge is 0.197 e. The van der Waals surface area contributed by atoms with Crippen LogP contribution in [0, 0.1) is 11.2 Å². The highest BCUT2D eigenvalue weighted by atomic mass is 19.1. The summed E-state index contributed by atoms with van der Waals surface area (Å²) in [5, 5.41) is 0. The molecule has 3 nitrogen and oxygen atoms in total. The van der Waals surface area contributed by atoms with Crippen LogP contribution in [0.1, 0.15) is 33.1 Å². The van der Waals surface area contributed by atoms with Crippen LogP contribution in [0.3, 0.4) is 0 Å². The monoisotopic (exact) mass is 250 g/mol. The van der Waals surface area contributed by atoms with Crippen molar-refractivity contribution < 1.29 is 8.81 Å². The summed E-state index contributed by atoms with van der Waals surface area (Å²) >= 11 is 0. The number of nitrogens with zero attached hydrogens (tertiary/aromatic N) is 1. The third-order valence-corrected chi connectivity index (χ3v) is 2.71. The lowest BCUT2D eigenvalue weighted by atomic mass is 9.87. The molecule has 1 atom stereocenters. The fourth-order valence-electron chi connectivity index (χ4n) is 2.12. The van der Waals surface area contributed by atoms with Gasteiger partial charge in [0.05, 0.1) is 0 Å². The second-order valence-electron chi connectivity index (χ2n) is 5.95.